The molecule has 7 heteroatoms. The van der Waals surface area contributed by atoms with Gasteiger partial charge in [0.2, 0.25) is 5.89 Å². The number of halogens is 2. The van der Waals surface area contributed by atoms with Crippen molar-refractivity contribution in [1.82, 2.24) is 4.98 Å². The van der Waals surface area contributed by atoms with Crippen molar-refractivity contribution in [3.63, 3.8) is 0 Å². The Labute approximate surface area is 158 Å². The molecule has 0 unspecified atom stereocenters. The first-order valence-corrected chi connectivity index (χ1v) is 8.45. The number of aromatic nitrogens is 1. The molecule has 136 valence electrons. The molecule has 2 aromatic carbocycles. The predicted octanol–water partition coefficient (Wildman–Crippen LogP) is 5.13. The van der Waals surface area contributed by atoms with Crippen LogP contribution in [0.5, 0.6) is 5.75 Å². The number of benzene rings is 2. The molecule has 0 aliphatic rings. The molecule has 0 aliphatic heterocycles. The second-order valence-corrected chi connectivity index (χ2v) is 6.35. The van der Waals surface area contributed by atoms with Crippen LogP contribution in [0.1, 0.15) is 11.5 Å². The van der Waals surface area contributed by atoms with Crippen molar-refractivity contribution in [2.45, 2.75) is 13.5 Å². The Bertz CT molecular complexity index is 1180. The SMILES string of the molecule is Cc1cc(=O)oc2cc(OCc3ncc(-c4ccc(F)cc4)o3)c(Cl)cc12. The summed E-state index contributed by atoms with van der Waals surface area (Å²) in [5, 5.41) is 1.12. The van der Waals surface area contributed by atoms with Crippen molar-refractivity contribution in [3.8, 4) is 17.1 Å². The van der Waals surface area contributed by atoms with Gasteiger partial charge in [-0.3, -0.25) is 0 Å². The minimum Gasteiger partial charge on any atom is -0.482 e. The van der Waals surface area contributed by atoms with Gasteiger partial charge in [-0.25, -0.2) is 14.2 Å². The third kappa shape index (κ3) is 3.57. The molecule has 27 heavy (non-hydrogen) atoms. The average molecular weight is 386 g/mol. The number of ether oxygens (including phenoxy) is 1. The standard InChI is InChI=1S/C20H13ClFNO4/c1-11-6-20(24)27-16-8-17(15(21)7-14(11)16)25-10-19-23-9-18(26-19)12-2-4-13(22)5-3-12/h2-9H,10H2,1H3. The summed E-state index contributed by atoms with van der Waals surface area (Å²) in [4.78, 5) is 15.7. The van der Waals surface area contributed by atoms with Gasteiger partial charge in [0.1, 0.15) is 17.1 Å². The minimum absolute atomic E-state index is 0.0302. The fourth-order valence-electron chi connectivity index (χ4n) is 2.69. The van der Waals surface area contributed by atoms with Gasteiger partial charge >= 0.3 is 5.63 Å². The lowest BCUT2D eigenvalue weighted by atomic mass is 10.1. The van der Waals surface area contributed by atoms with Crippen LogP contribution in [0.2, 0.25) is 5.02 Å². The molecule has 4 aromatic rings. The third-order valence-electron chi connectivity index (χ3n) is 4.04. The molecule has 5 nitrogen and oxygen atoms in total. The monoisotopic (exact) mass is 385 g/mol. The summed E-state index contributed by atoms with van der Waals surface area (Å²) < 4.78 is 29.5. The number of hydrogen-bond acceptors (Lipinski definition) is 5. The van der Waals surface area contributed by atoms with E-state index >= 15 is 0 Å². The van der Waals surface area contributed by atoms with Crippen molar-refractivity contribution in [3.05, 3.63) is 81.4 Å². The van der Waals surface area contributed by atoms with Gasteiger partial charge < -0.3 is 13.6 Å². The lowest BCUT2D eigenvalue weighted by molar-refractivity contribution is 0.265. The third-order valence-corrected chi connectivity index (χ3v) is 4.33. The summed E-state index contributed by atoms with van der Waals surface area (Å²) >= 11 is 6.27. The summed E-state index contributed by atoms with van der Waals surface area (Å²) in [5.74, 6) is 0.852. The van der Waals surface area contributed by atoms with E-state index in [2.05, 4.69) is 4.98 Å². The topological polar surface area (TPSA) is 65.5 Å². The normalized spacial score (nSPS) is 11.1. The van der Waals surface area contributed by atoms with Crippen LogP contribution >= 0.6 is 11.6 Å². The van der Waals surface area contributed by atoms with Gasteiger partial charge in [-0.15, -0.1) is 0 Å². The van der Waals surface area contributed by atoms with E-state index in [1.165, 1.54) is 24.4 Å². The highest BCUT2D eigenvalue weighted by Gasteiger charge is 2.12. The first kappa shape index (κ1) is 17.3. The zero-order valence-electron chi connectivity index (χ0n) is 14.2. The van der Waals surface area contributed by atoms with Gasteiger partial charge in [0.15, 0.2) is 12.4 Å². The first-order chi connectivity index (χ1) is 13.0. The van der Waals surface area contributed by atoms with E-state index in [9.17, 15) is 9.18 Å². The molecule has 0 radical (unpaired) electrons. The van der Waals surface area contributed by atoms with Crippen LogP contribution in [0, 0.1) is 12.7 Å². The van der Waals surface area contributed by atoms with Crippen molar-refractivity contribution < 1.29 is 18.0 Å². The lowest BCUT2D eigenvalue weighted by Crippen LogP contribution is -2.00. The van der Waals surface area contributed by atoms with Gasteiger partial charge in [0.25, 0.3) is 0 Å². The van der Waals surface area contributed by atoms with Crippen molar-refractivity contribution in [2.75, 3.05) is 0 Å². The van der Waals surface area contributed by atoms with E-state index in [0.29, 0.717) is 33.6 Å². The summed E-state index contributed by atoms with van der Waals surface area (Å²) in [6.07, 6.45) is 1.54. The van der Waals surface area contributed by atoms with Gasteiger partial charge in [-0.05, 0) is 42.8 Å². The van der Waals surface area contributed by atoms with Crippen LogP contribution < -0.4 is 10.4 Å². The molecule has 0 saturated heterocycles. The number of aryl methyl sites for hydroxylation is 1. The van der Waals surface area contributed by atoms with Gasteiger partial charge in [0.05, 0.1) is 11.2 Å². The quantitative estimate of drug-likeness (QED) is 0.456. The highest BCUT2D eigenvalue weighted by Crippen LogP contribution is 2.31. The molecule has 0 fully saturated rings. The molecule has 2 heterocycles. The Morgan fingerprint density at radius 3 is 2.70 bits per heavy atom. The second kappa shape index (κ2) is 6.89. The Morgan fingerprint density at radius 2 is 1.93 bits per heavy atom. The number of nitrogens with zero attached hydrogens (tertiary/aromatic N) is 1. The largest absolute Gasteiger partial charge is 0.482 e. The maximum absolute atomic E-state index is 13.0. The van der Waals surface area contributed by atoms with E-state index in [-0.39, 0.29) is 12.4 Å². The Balaban J connectivity index is 1.56. The van der Waals surface area contributed by atoms with Gasteiger partial charge in [-0.2, -0.15) is 0 Å². The zero-order valence-corrected chi connectivity index (χ0v) is 14.9. The molecule has 0 saturated carbocycles. The van der Waals surface area contributed by atoms with Crippen LogP contribution in [0.15, 0.2) is 62.3 Å². The summed E-state index contributed by atoms with van der Waals surface area (Å²) in [6, 6.07) is 10.6. The fourth-order valence-corrected chi connectivity index (χ4v) is 2.91. The highest BCUT2D eigenvalue weighted by atomic mass is 35.5. The lowest BCUT2D eigenvalue weighted by Gasteiger charge is -2.08. The molecular weight excluding hydrogens is 373 g/mol. The molecule has 0 aliphatic carbocycles. The molecule has 0 bridgehead atoms. The van der Waals surface area contributed by atoms with Crippen LogP contribution in [0.4, 0.5) is 4.39 Å². The Morgan fingerprint density at radius 1 is 1.15 bits per heavy atom. The van der Waals surface area contributed by atoms with Gasteiger partial charge in [-0.1, -0.05) is 11.6 Å². The minimum atomic E-state index is -0.440. The van der Waals surface area contributed by atoms with E-state index in [0.717, 1.165) is 10.9 Å². The summed E-state index contributed by atoms with van der Waals surface area (Å²) in [6.45, 7) is 1.84. The maximum Gasteiger partial charge on any atom is 0.336 e. The fraction of sp³-hybridized carbons (Fsp3) is 0.100. The molecular formula is C20H13ClFNO4. The van der Waals surface area contributed by atoms with Crippen molar-refractivity contribution in [2.24, 2.45) is 0 Å². The Kier molecular flexibility index (Phi) is 4.41. The van der Waals surface area contributed by atoms with Crippen molar-refractivity contribution in [1.29, 1.82) is 0 Å². The maximum atomic E-state index is 13.0. The molecule has 2 aromatic heterocycles. The number of oxazole rings is 1. The summed E-state index contributed by atoms with van der Waals surface area (Å²) in [7, 11) is 0. The highest BCUT2D eigenvalue weighted by molar-refractivity contribution is 6.32. The van der Waals surface area contributed by atoms with E-state index in [1.54, 1.807) is 31.2 Å². The number of hydrogen-bond donors (Lipinski definition) is 0. The van der Waals surface area contributed by atoms with Crippen molar-refractivity contribution >= 4 is 22.6 Å². The molecule has 0 atom stereocenters. The van der Waals surface area contributed by atoms with E-state index in [1.807, 2.05) is 0 Å². The molecule has 0 spiro atoms. The second-order valence-electron chi connectivity index (χ2n) is 5.94. The van der Waals surface area contributed by atoms with Crippen LogP contribution in [0.25, 0.3) is 22.3 Å². The molecule has 4 rings (SSSR count). The number of rotatable bonds is 4. The Hall–Kier alpha value is -3.12. The molecule has 0 amide bonds. The molecule has 0 N–H and O–H groups in total. The van der Waals surface area contributed by atoms with Crippen LogP contribution in [0.3, 0.4) is 0 Å². The number of fused-ring (bicyclic) bond motifs is 1. The van der Waals surface area contributed by atoms with E-state index < -0.39 is 5.63 Å². The average Bonchev–Trinajstić information content (AvgIpc) is 3.10. The predicted molar refractivity (Wildman–Crippen MR) is 98.5 cm³/mol. The van der Waals surface area contributed by atoms with Gasteiger partial charge in [0, 0.05) is 23.1 Å². The smallest absolute Gasteiger partial charge is 0.336 e. The van der Waals surface area contributed by atoms with Crippen LogP contribution in [-0.4, -0.2) is 4.98 Å². The van der Waals surface area contributed by atoms with E-state index in [4.69, 9.17) is 25.2 Å². The zero-order chi connectivity index (χ0) is 19.0. The van der Waals surface area contributed by atoms with Crippen LogP contribution in [-0.2, 0) is 6.61 Å². The first-order valence-electron chi connectivity index (χ1n) is 8.07. The summed E-state index contributed by atoms with van der Waals surface area (Å²) in [5.41, 5.74) is 1.42.